The Bertz CT molecular complexity index is 814. The standard InChI is InChI=1S/C22H41N11O8/c1-21(2,3)41-20(35)30-40-14-13-36-15-19(34)29-22(16-37-10-4-7-26-31-23,17-38-11-5-8-27-32-24)18-39-12-6-9-28-33-25/h4-18H2,1-3H3,(H,29,34)(H,30,35). The van der Waals surface area contributed by atoms with E-state index in [1.54, 1.807) is 20.8 Å². The molecule has 0 saturated heterocycles. The molecule has 0 aliphatic heterocycles. The van der Waals surface area contributed by atoms with Gasteiger partial charge in [-0.05, 0) is 56.6 Å². The lowest BCUT2D eigenvalue weighted by molar-refractivity contribution is -0.133. The van der Waals surface area contributed by atoms with Gasteiger partial charge in [0.1, 0.15) is 17.7 Å². The van der Waals surface area contributed by atoms with E-state index in [0.29, 0.717) is 19.3 Å². The molecule has 0 saturated carbocycles. The normalized spacial score (nSPS) is 12.2. The van der Waals surface area contributed by atoms with Crippen LogP contribution in [0.4, 0.5) is 4.79 Å². The fourth-order valence-corrected chi connectivity index (χ4v) is 2.89. The highest BCUT2D eigenvalue weighted by molar-refractivity contribution is 5.78. The van der Waals surface area contributed by atoms with Gasteiger partial charge < -0.3 is 29.0 Å². The molecule has 2 N–H and O–H groups in total. The van der Waals surface area contributed by atoms with Crippen LogP contribution in [0, 0.1) is 0 Å². The SMILES string of the molecule is CC(C)(C)OC(=O)NOCCOCC(=O)NC(COCCCN=[N+]=[N-])(COCCCN=[N+]=[N-])COCCCN=[N+]=[N-]. The third-order valence-electron chi connectivity index (χ3n) is 4.49. The van der Waals surface area contributed by atoms with Gasteiger partial charge in [0, 0.05) is 54.2 Å². The third-order valence-corrected chi connectivity index (χ3v) is 4.49. The summed E-state index contributed by atoms with van der Waals surface area (Å²) in [5.74, 6) is -0.488. The largest absolute Gasteiger partial charge is 0.442 e. The number of amides is 2. The first-order chi connectivity index (χ1) is 19.7. The van der Waals surface area contributed by atoms with Crippen molar-refractivity contribution in [3.8, 4) is 0 Å². The zero-order chi connectivity index (χ0) is 30.7. The Morgan fingerprint density at radius 3 is 1.59 bits per heavy atom. The van der Waals surface area contributed by atoms with E-state index in [-0.39, 0.29) is 79.1 Å². The molecule has 0 rings (SSSR count). The van der Waals surface area contributed by atoms with E-state index < -0.39 is 23.1 Å². The quantitative estimate of drug-likeness (QED) is 0.0523. The van der Waals surface area contributed by atoms with Gasteiger partial charge in [-0.1, -0.05) is 15.3 Å². The average Bonchev–Trinajstić information content (AvgIpc) is 2.91. The van der Waals surface area contributed by atoms with Gasteiger partial charge in [0.2, 0.25) is 5.91 Å². The molecule has 0 atom stereocenters. The number of rotatable bonds is 25. The Hall–Kier alpha value is -3.53. The maximum absolute atomic E-state index is 12.8. The van der Waals surface area contributed by atoms with Crippen molar-refractivity contribution in [1.82, 2.24) is 10.8 Å². The molecule has 2 amide bonds. The molecule has 0 aromatic carbocycles. The number of ether oxygens (including phenoxy) is 5. The zero-order valence-electron chi connectivity index (χ0n) is 23.9. The fraction of sp³-hybridized carbons (Fsp3) is 0.909. The van der Waals surface area contributed by atoms with Gasteiger partial charge in [-0.3, -0.25) is 9.63 Å². The molecular weight excluding hydrogens is 546 g/mol. The van der Waals surface area contributed by atoms with Gasteiger partial charge in [0.15, 0.2) is 0 Å². The van der Waals surface area contributed by atoms with E-state index in [1.807, 2.05) is 0 Å². The molecule has 41 heavy (non-hydrogen) atoms. The van der Waals surface area contributed by atoms with Gasteiger partial charge in [-0.25, -0.2) is 4.79 Å². The van der Waals surface area contributed by atoms with E-state index in [0.717, 1.165) is 0 Å². The summed E-state index contributed by atoms with van der Waals surface area (Å²) in [4.78, 5) is 37.4. The van der Waals surface area contributed by atoms with Crippen LogP contribution in [0.1, 0.15) is 40.0 Å². The topological polar surface area (TPSA) is 260 Å². The second kappa shape index (κ2) is 24.3. The van der Waals surface area contributed by atoms with E-state index in [2.05, 4.69) is 40.9 Å². The maximum atomic E-state index is 12.8. The molecule has 19 nitrogen and oxygen atoms in total. The minimum atomic E-state index is -1.12. The molecule has 0 aliphatic carbocycles. The van der Waals surface area contributed by atoms with Gasteiger partial charge in [-0.2, -0.15) is 5.48 Å². The van der Waals surface area contributed by atoms with E-state index in [1.165, 1.54) is 0 Å². The smallest absolute Gasteiger partial charge is 0.431 e. The van der Waals surface area contributed by atoms with Crippen molar-refractivity contribution in [3.05, 3.63) is 31.3 Å². The lowest BCUT2D eigenvalue weighted by Gasteiger charge is -2.34. The first kappa shape index (κ1) is 37.5. The monoisotopic (exact) mass is 587 g/mol. The van der Waals surface area contributed by atoms with Crippen LogP contribution < -0.4 is 10.8 Å². The Kier molecular flexibility index (Phi) is 22.2. The molecule has 232 valence electrons. The van der Waals surface area contributed by atoms with Crippen LogP contribution in [0.15, 0.2) is 15.3 Å². The van der Waals surface area contributed by atoms with Crippen molar-refractivity contribution >= 4 is 12.0 Å². The van der Waals surface area contributed by atoms with Crippen LogP contribution in [-0.2, 0) is 33.3 Å². The minimum Gasteiger partial charge on any atom is -0.442 e. The third kappa shape index (κ3) is 24.0. The van der Waals surface area contributed by atoms with Crippen molar-refractivity contribution in [1.29, 1.82) is 0 Å². The summed E-state index contributed by atoms with van der Waals surface area (Å²) in [7, 11) is 0. The number of carbonyl (C=O) groups is 2. The van der Waals surface area contributed by atoms with Crippen molar-refractivity contribution in [2.24, 2.45) is 15.3 Å². The Labute approximate surface area is 238 Å². The highest BCUT2D eigenvalue weighted by Gasteiger charge is 2.33. The summed E-state index contributed by atoms with van der Waals surface area (Å²) in [6.07, 6.45) is 0.649. The number of nitrogens with zero attached hydrogens (tertiary/aromatic N) is 9. The summed E-state index contributed by atoms with van der Waals surface area (Å²) < 4.78 is 27.6. The van der Waals surface area contributed by atoms with Crippen molar-refractivity contribution in [2.75, 3.05) is 79.1 Å². The Balaban J connectivity index is 5.05. The van der Waals surface area contributed by atoms with E-state index in [9.17, 15) is 9.59 Å². The zero-order valence-corrected chi connectivity index (χ0v) is 23.9. The van der Waals surface area contributed by atoms with E-state index >= 15 is 0 Å². The summed E-state index contributed by atoms with van der Waals surface area (Å²) >= 11 is 0. The lowest BCUT2D eigenvalue weighted by atomic mass is 10.0. The van der Waals surface area contributed by atoms with Gasteiger partial charge in [0.25, 0.3) is 0 Å². The Morgan fingerprint density at radius 1 is 0.707 bits per heavy atom. The number of azide groups is 3. The van der Waals surface area contributed by atoms with Crippen molar-refractivity contribution < 1.29 is 38.1 Å². The summed E-state index contributed by atoms with van der Waals surface area (Å²) in [6.45, 7) is 6.30. The molecule has 0 aromatic heterocycles. The van der Waals surface area contributed by atoms with Crippen LogP contribution in [0.3, 0.4) is 0 Å². The molecule has 0 aliphatic rings. The number of hydrogen-bond donors (Lipinski definition) is 2. The highest BCUT2D eigenvalue weighted by Crippen LogP contribution is 2.11. The maximum Gasteiger partial charge on any atom is 0.431 e. The summed E-state index contributed by atoms with van der Waals surface area (Å²) in [6, 6.07) is 0. The predicted molar refractivity (Wildman–Crippen MR) is 145 cm³/mol. The molecule has 0 radical (unpaired) electrons. The number of hydroxylamine groups is 1. The van der Waals surface area contributed by atoms with Crippen LogP contribution in [-0.4, -0.2) is 102 Å². The van der Waals surface area contributed by atoms with Crippen LogP contribution in [0.2, 0.25) is 0 Å². The number of carbonyl (C=O) groups excluding carboxylic acids is 2. The second-order valence-electron chi connectivity index (χ2n) is 9.42. The second-order valence-corrected chi connectivity index (χ2v) is 9.42. The summed E-state index contributed by atoms with van der Waals surface area (Å²) in [5.41, 5.74) is 25.6. The van der Waals surface area contributed by atoms with E-state index in [4.69, 9.17) is 45.1 Å². The molecular formula is C22H41N11O8. The van der Waals surface area contributed by atoms with Crippen LogP contribution >= 0.6 is 0 Å². The van der Waals surface area contributed by atoms with Gasteiger partial charge >= 0.3 is 6.09 Å². The molecule has 0 aromatic rings. The Morgan fingerprint density at radius 2 is 1.17 bits per heavy atom. The van der Waals surface area contributed by atoms with Crippen molar-refractivity contribution in [2.45, 2.75) is 51.2 Å². The fourth-order valence-electron chi connectivity index (χ4n) is 2.89. The van der Waals surface area contributed by atoms with Crippen LogP contribution in [0.25, 0.3) is 31.3 Å². The predicted octanol–water partition coefficient (Wildman–Crippen LogP) is 3.47. The van der Waals surface area contributed by atoms with Crippen molar-refractivity contribution in [3.63, 3.8) is 0 Å². The molecule has 0 bridgehead atoms. The van der Waals surface area contributed by atoms with Gasteiger partial charge in [-0.15, -0.1) is 0 Å². The highest BCUT2D eigenvalue weighted by atomic mass is 16.7. The molecule has 0 fully saturated rings. The average molecular weight is 588 g/mol. The number of hydrogen-bond acceptors (Lipinski definition) is 11. The molecule has 0 spiro atoms. The first-order valence-electron chi connectivity index (χ1n) is 12.9. The molecule has 0 unspecified atom stereocenters. The first-order valence-corrected chi connectivity index (χ1v) is 12.9. The van der Waals surface area contributed by atoms with Crippen LogP contribution in [0.5, 0.6) is 0 Å². The number of nitrogens with one attached hydrogen (secondary N) is 2. The molecule has 19 heteroatoms. The summed E-state index contributed by atoms with van der Waals surface area (Å²) in [5, 5.41) is 13.2. The van der Waals surface area contributed by atoms with Gasteiger partial charge in [0.05, 0.1) is 33.0 Å². The molecule has 0 heterocycles. The minimum absolute atomic E-state index is 0.00203. The lowest BCUT2D eigenvalue weighted by Crippen LogP contribution is -2.59.